The number of hydrogen-bond acceptors (Lipinski definition) is 5. The van der Waals surface area contributed by atoms with Gasteiger partial charge in [-0.1, -0.05) is 16.8 Å². The molecule has 0 fully saturated rings. The van der Waals surface area contributed by atoms with E-state index in [0.29, 0.717) is 5.02 Å². The van der Waals surface area contributed by atoms with Crippen LogP contribution in [0.25, 0.3) is 11.0 Å². The maximum absolute atomic E-state index is 6.17. The Morgan fingerprint density at radius 2 is 2.35 bits per heavy atom. The van der Waals surface area contributed by atoms with Crippen molar-refractivity contribution in [2.75, 3.05) is 18.4 Å². The molecule has 0 saturated heterocycles. The van der Waals surface area contributed by atoms with E-state index in [9.17, 15) is 0 Å². The summed E-state index contributed by atoms with van der Waals surface area (Å²) >= 11 is 6.17. The molecular weight excluding hydrogens is 240 g/mol. The molecule has 0 unspecified atom stereocenters. The first-order valence-electron chi connectivity index (χ1n) is 5.29. The van der Waals surface area contributed by atoms with Gasteiger partial charge in [0.15, 0.2) is 5.96 Å². The molecule has 2 N–H and O–H groups in total. The van der Waals surface area contributed by atoms with Crippen LogP contribution >= 0.6 is 11.6 Å². The third kappa shape index (κ3) is 1.70. The van der Waals surface area contributed by atoms with Crippen LogP contribution in [0.2, 0.25) is 5.02 Å². The van der Waals surface area contributed by atoms with Gasteiger partial charge in [0.1, 0.15) is 5.52 Å². The quantitative estimate of drug-likeness (QED) is 0.792. The summed E-state index contributed by atoms with van der Waals surface area (Å²) in [7, 11) is 1.85. The number of aromatic nitrogens is 3. The number of halogens is 1. The molecule has 0 amide bonds. The molecule has 1 aromatic heterocycles. The van der Waals surface area contributed by atoms with Gasteiger partial charge in [-0.15, -0.1) is 5.10 Å². The molecule has 2 aromatic rings. The normalized spacial score (nSPS) is 14.8. The lowest BCUT2D eigenvalue weighted by atomic mass is 10.2. The number of hydrogen-bond donors (Lipinski definition) is 2. The van der Waals surface area contributed by atoms with E-state index >= 15 is 0 Å². The average molecular weight is 251 g/mol. The van der Waals surface area contributed by atoms with Gasteiger partial charge >= 0.3 is 0 Å². The number of nitrogens with zero attached hydrogens (tertiary/aromatic N) is 4. The molecule has 0 bridgehead atoms. The molecular formula is C10H11ClN6. The summed E-state index contributed by atoms with van der Waals surface area (Å²) in [4.78, 5) is 4.27. The molecule has 0 atom stereocenters. The summed E-state index contributed by atoms with van der Waals surface area (Å²) in [5, 5.41) is 15.0. The average Bonchev–Trinajstić information content (AvgIpc) is 2.93. The van der Waals surface area contributed by atoms with Crippen molar-refractivity contribution >= 4 is 34.3 Å². The van der Waals surface area contributed by atoms with Crippen LogP contribution in [0.4, 0.5) is 5.69 Å². The van der Waals surface area contributed by atoms with E-state index in [2.05, 4.69) is 25.9 Å². The smallest absolute Gasteiger partial charge is 0.196 e. The standard InChI is InChI=1S/C10H11ClN6/c1-17-7-3-2-6(11)8(9(7)15-16-17)14-10-12-4-5-13-10/h2-3H,4-5H2,1H3,(H2,12,13,14). The van der Waals surface area contributed by atoms with Gasteiger partial charge in [-0.2, -0.15) is 0 Å². The predicted octanol–water partition coefficient (Wildman–Crippen LogP) is 0.993. The number of benzene rings is 1. The molecule has 0 aliphatic carbocycles. The van der Waals surface area contributed by atoms with Crippen LogP contribution in [-0.4, -0.2) is 34.0 Å². The van der Waals surface area contributed by atoms with Gasteiger partial charge in [-0.05, 0) is 12.1 Å². The van der Waals surface area contributed by atoms with Crippen molar-refractivity contribution < 1.29 is 0 Å². The van der Waals surface area contributed by atoms with Crippen molar-refractivity contribution in [2.24, 2.45) is 12.0 Å². The van der Waals surface area contributed by atoms with Gasteiger partial charge in [0.25, 0.3) is 0 Å². The van der Waals surface area contributed by atoms with Crippen LogP contribution in [0.1, 0.15) is 0 Å². The number of guanidine groups is 1. The largest absolute Gasteiger partial charge is 0.354 e. The van der Waals surface area contributed by atoms with E-state index in [0.717, 1.165) is 35.8 Å². The van der Waals surface area contributed by atoms with Gasteiger partial charge in [-0.3, -0.25) is 4.99 Å². The minimum absolute atomic E-state index is 0.606. The van der Waals surface area contributed by atoms with Crippen molar-refractivity contribution in [3.8, 4) is 0 Å². The second-order valence-corrected chi connectivity index (χ2v) is 4.19. The Kier molecular flexibility index (Phi) is 2.36. The number of aliphatic imine (C=N–C) groups is 1. The second-order valence-electron chi connectivity index (χ2n) is 3.79. The molecule has 88 valence electrons. The lowest BCUT2D eigenvalue weighted by Crippen LogP contribution is -2.26. The van der Waals surface area contributed by atoms with Crippen molar-refractivity contribution in [3.05, 3.63) is 17.2 Å². The van der Waals surface area contributed by atoms with Gasteiger partial charge in [0.05, 0.1) is 22.8 Å². The van der Waals surface area contributed by atoms with E-state index in [4.69, 9.17) is 11.6 Å². The van der Waals surface area contributed by atoms with E-state index in [-0.39, 0.29) is 0 Å². The Hall–Kier alpha value is -1.82. The Morgan fingerprint density at radius 1 is 1.47 bits per heavy atom. The highest BCUT2D eigenvalue weighted by atomic mass is 35.5. The molecule has 1 aliphatic heterocycles. The summed E-state index contributed by atoms with van der Waals surface area (Å²) in [6.45, 7) is 1.62. The van der Waals surface area contributed by atoms with Crippen molar-refractivity contribution in [1.82, 2.24) is 20.3 Å². The van der Waals surface area contributed by atoms with E-state index in [1.807, 2.05) is 19.2 Å². The maximum Gasteiger partial charge on any atom is 0.196 e. The fraction of sp³-hybridized carbons (Fsp3) is 0.300. The number of rotatable bonds is 1. The van der Waals surface area contributed by atoms with Crippen LogP contribution in [0.3, 0.4) is 0 Å². The first-order valence-corrected chi connectivity index (χ1v) is 5.67. The highest BCUT2D eigenvalue weighted by Crippen LogP contribution is 2.29. The molecule has 6 nitrogen and oxygen atoms in total. The number of aryl methyl sites for hydroxylation is 1. The zero-order chi connectivity index (χ0) is 11.8. The van der Waals surface area contributed by atoms with E-state index in [1.165, 1.54) is 0 Å². The number of anilines is 1. The SMILES string of the molecule is Cn1nnc2c(NC3=NCCN3)c(Cl)ccc21. The lowest BCUT2D eigenvalue weighted by Gasteiger charge is -2.08. The molecule has 1 aliphatic rings. The fourth-order valence-corrected chi connectivity index (χ4v) is 2.00. The third-order valence-electron chi connectivity index (χ3n) is 2.65. The summed E-state index contributed by atoms with van der Waals surface area (Å²) in [5.74, 6) is 0.727. The molecule has 7 heteroatoms. The molecule has 17 heavy (non-hydrogen) atoms. The van der Waals surface area contributed by atoms with Crippen LogP contribution in [-0.2, 0) is 7.05 Å². The first-order chi connectivity index (χ1) is 8.25. The Balaban J connectivity index is 2.10. The van der Waals surface area contributed by atoms with E-state index < -0.39 is 0 Å². The minimum Gasteiger partial charge on any atom is -0.354 e. The zero-order valence-corrected chi connectivity index (χ0v) is 9.99. The number of fused-ring (bicyclic) bond motifs is 1. The lowest BCUT2D eigenvalue weighted by molar-refractivity contribution is 0.736. The molecule has 0 spiro atoms. The third-order valence-corrected chi connectivity index (χ3v) is 2.97. The first kappa shape index (κ1) is 10.3. The molecule has 1 aromatic carbocycles. The molecule has 2 heterocycles. The summed E-state index contributed by atoms with van der Waals surface area (Å²) in [5.41, 5.74) is 2.41. The molecule has 0 saturated carbocycles. The Morgan fingerprint density at radius 3 is 3.12 bits per heavy atom. The van der Waals surface area contributed by atoms with Crippen molar-refractivity contribution in [2.45, 2.75) is 0 Å². The van der Waals surface area contributed by atoms with Crippen LogP contribution in [0.15, 0.2) is 17.1 Å². The predicted molar refractivity (Wildman–Crippen MR) is 67.4 cm³/mol. The Bertz CT molecular complexity index is 602. The topological polar surface area (TPSA) is 67.1 Å². The van der Waals surface area contributed by atoms with E-state index in [1.54, 1.807) is 4.68 Å². The zero-order valence-electron chi connectivity index (χ0n) is 9.24. The minimum atomic E-state index is 0.606. The highest BCUT2D eigenvalue weighted by Gasteiger charge is 2.14. The van der Waals surface area contributed by atoms with Crippen LogP contribution < -0.4 is 10.6 Å². The van der Waals surface area contributed by atoms with Crippen molar-refractivity contribution in [3.63, 3.8) is 0 Å². The molecule has 3 rings (SSSR count). The van der Waals surface area contributed by atoms with Crippen LogP contribution in [0, 0.1) is 0 Å². The molecule has 0 radical (unpaired) electrons. The Labute approximate surface area is 103 Å². The van der Waals surface area contributed by atoms with Gasteiger partial charge in [0.2, 0.25) is 0 Å². The second kappa shape index (κ2) is 3.89. The fourth-order valence-electron chi connectivity index (χ4n) is 1.80. The highest BCUT2D eigenvalue weighted by molar-refractivity contribution is 6.35. The maximum atomic E-state index is 6.17. The summed E-state index contributed by atoms with van der Waals surface area (Å²) in [6.07, 6.45) is 0. The number of nitrogens with one attached hydrogen (secondary N) is 2. The van der Waals surface area contributed by atoms with Crippen LogP contribution in [0.5, 0.6) is 0 Å². The van der Waals surface area contributed by atoms with Gasteiger partial charge in [0, 0.05) is 13.6 Å². The van der Waals surface area contributed by atoms with Crippen molar-refractivity contribution in [1.29, 1.82) is 0 Å². The monoisotopic (exact) mass is 250 g/mol. The van der Waals surface area contributed by atoms with Gasteiger partial charge in [-0.25, -0.2) is 4.68 Å². The van der Waals surface area contributed by atoms with Gasteiger partial charge < -0.3 is 10.6 Å². The summed E-state index contributed by atoms with van der Waals surface area (Å²) in [6, 6.07) is 3.72. The summed E-state index contributed by atoms with van der Waals surface area (Å²) < 4.78 is 1.71.